The summed E-state index contributed by atoms with van der Waals surface area (Å²) in [7, 11) is 0. The second-order valence-electron chi connectivity index (χ2n) is 6.12. The summed E-state index contributed by atoms with van der Waals surface area (Å²) in [5.41, 5.74) is 1.30. The fourth-order valence-corrected chi connectivity index (χ4v) is 2.82. The van der Waals surface area contributed by atoms with Crippen molar-refractivity contribution in [2.45, 2.75) is 32.7 Å². The van der Waals surface area contributed by atoms with Crippen LogP contribution in [0.3, 0.4) is 0 Å². The molecule has 116 valence electrons. The zero-order chi connectivity index (χ0) is 15.2. The predicted octanol–water partition coefficient (Wildman–Crippen LogP) is 2.46. The molecule has 1 N–H and O–H groups in total. The molecule has 0 aromatic heterocycles. The van der Waals surface area contributed by atoms with Crippen LogP contribution in [0.15, 0.2) is 24.3 Å². The minimum atomic E-state index is -0.359. The fraction of sp³-hybridized carbons (Fsp3) is 0.625. The summed E-state index contributed by atoms with van der Waals surface area (Å²) in [6, 6.07) is 7.49. The van der Waals surface area contributed by atoms with Crippen LogP contribution >= 0.6 is 0 Å². The molecular formula is C16H25N3O2. The highest BCUT2D eigenvalue weighted by atomic mass is 16.6. The largest absolute Gasteiger partial charge is 0.316 e. The predicted molar refractivity (Wildman–Crippen MR) is 84.5 cm³/mol. The summed E-state index contributed by atoms with van der Waals surface area (Å²) < 4.78 is 0. The number of hydrogen-bond donors (Lipinski definition) is 1. The fourth-order valence-electron chi connectivity index (χ4n) is 2.82. The second-order valence-corrected chi connectivity index (χ2v) is 6.12. The van der Waals surface area contributed by atoms with E-state index in [-0.39, 0.29) is 10.6 Å². The Morgan fingerprint density at radius 1 is 1.38 bits per heavy atom. The maximum Gasteiger partial charge on any atom is 0.269 e. The van der Waals surface area contributed by atoms with Crippen LogP contribution in [0.1, 0.15) is 25.8 Å². The van der Waals surface area contributed by atoms with Crippen molar-refractivity contribution in [2.75, 3.05) is 26.2 Å². The van der Waals surface area contributed by atoms with Gasteiger partial charge in [-0.1, -0.05) is 12.1 Å². The Balaban J connectivity index is 1.65. The van der Waals surface area contributed by atoms with Gasteiger partial charge in [0.15, 0.2) is 0 Å². The first-order valence-electron chi connectivity index (χ1n) is 7.74. The van der Waals surface area contributed by atoms with Crippen molar-refractivity contribution < 1.29 is 4.92 Å². The lowest BCUT2D eigenvalue weighted by atomic mass is 10.1. The van der Waals surface area contributed by atoms with Crippen molar-refractivity contribution in [3.63, 3.8) is 0 Å². The van der Waals surface area contributed by atoms with Gasteiger partial charge in [0.05, 0.1) is 4.92 Å². The third-order valence-electron chi connectivity index (χ3n) is 4.22. The number of non-ortho nitro benzene ring substituents is 1. The number of nitrogens with zero attached hydrogens (tertiary/aromatic N) is 2. The van der Waals surface area contributed by atoms with Gasteiger partial charge in [-0.2, -0.15) is 0 Å². The van der Waals surface area contributed by atoms with Crippen LogP contribution in [0.2, 0.25) is 0 Å². The Labute approximate surface area is 126 Å². The molecule has 1 aromatic rings. The molecule has 1 unspecified atom stereocenters. The van der Waals surface area contributed by atoms with Gasteiger partial charge in [-0.3, -0.25) is 10.1 Å². The number of nitro benzene ring substituents is 1. The van der Waals surface area contributed by atoms with E-state index in [0.717, 1.165) is 31.0 Å². The van der Waals surface area contributed by atoms with Crippen molar-refractivity contribution in [1.82, 2.24) is 10.2 Å². The highest BCUT2D eigenvalue weighted by molar-refractivity contribution is 5.32. The molecular weight excluding hydrogens is 266 g/mol. The normalized spacial score (nSPS) is 19.3. The van der Waals surface area contributed by atoms with Gasteiger partial charge in [0, 0.05) is 24.7 Å². The van der Waals surface area contributed by atoms with E-state index in [0.29, 0.717) is 6.04 Å². The lowest BCUT2D eigenvalue weighted by molar-refractivity contribution is -0.384. The summed E-state index contributed by atoms with van der Waals surface area (Å²) in [6.45, 7) is 8.91. The molecule has 0 radical (unpaired) electrons. The Kier molecular flexibility index (Phi) is 5.70. The van der Waals surface area contributed by atoms with Gasteiger partial charge >= 0.3 is 0 Å². The maximum atomic E-state index is 10.6. The van der Waals surface area contributed by atoms with Gasteiger partial charge in [0.25, 0.3) is 5.69 Å². The Hall–Kier alpha value is -1.46. The molecule has 0 amide bonds. The first-order valence-corrected chi connectivity index (χ1v) is 7.74. The molecule has 1 fully saturated rings. The number of rotatable bonds is 7. The average molecular weight is 291 g/mol. The molecule has 1 heterocycles. The number of nitro groups is 1. The molecule has 5 heteroatoms. The first-order chi connectivity index (χ1) is 10.1. The molecule has 0 bridgehead atoms. The van der Waals surface area contributed by atoms with Crippen LogP contribution in [-0.4, -0.2) is 42.0 Å². The first kappa shape index (κ1) is 15.9. The van der Waals surface area contributed by atoms with Crippen LogP contribution < -0.4 is 5.32 Å². The molecule has 1 aliphatic heterocycles. The number of likely N-dealkylation sites (tertiary alicyclic amines) is 1. The van der Waals surface area contributed by atoms with E-state index in [2.05, 4.69) is 24.1 Å². The lowest BCUT2D eigenvalue weighted by Crippen LogP contribution is -2.31. The van der Waals surface area contributed by atoms with Crippen LogP contribution in [0, 0.1) is 16.0 Å². The Morgan fingerprint density at radius 3 is 2.67 bits per heavy atom. The van der Waals surface area contributed by atoms with E-state index >= 15 is 0 Å². The molecule has 1 aromatic carbocycles. The van der Waals surface area contributed by atoms with E-state index in [1.807, 2.05) is 12.1 Å². The van der Waals surface area contributed by atoms with E-state index < -0.39 is 0 Å². The van der Waals surface area contributed by atoms with Crippen molar-refractivity contribution in [2.24, 2.45) is 5.92 Å². The molecule has 2 rings (SSSR count). The van der Waals surface area contributed by atoms with Gasteiger partial charge in [-0.25, -0.2) is 0 Å². The van der Waals surface area contributed by atoms with Crippen molar-refractivity contribution in [3.05, 3.63) is 39.9 Å². The van der Waals surface area contributed by atoms with Crippen molar-refractivity contribution >= 4 is 5.69 Å². The van der Waals surface area contributed by atoms with Gasteiger partial charge in [-0.15, -0.1) is 0 Å². The van der Waals surface area contributed by atoms with Crippen molar-refractivity contribution in [3.8, 4) is 0 Å². The van der Waals surface area contributed by atoms with E-state index in [9.17, 15) is 10.1 Å². The van der Waals surface area contributed by atoms with Gasteiger partial charge in [-0.05, 0) is 57.8 Å². The van der Waals surface area contributed by atoms with E-state index in [4.69, 9.17) is 0 Å². The number of benzene rings is 1. The van der Waals surface area contributed by atoms with Crippen LogP contribution in [0.5, 0.6) is 0 Å². The van der Waals surface area contributed by atoms with Crippen LogP contribution in [0.4, 0.5) is 5.69 Å². The molecule has 0 aliphatic carbocycles. The van der Waals surface area contributed by atoms with Gasteiger partial charge in [0.2, 0.25) is 0 Å². The summed E-state index contributed by atoms with van der Waals surface area (Å²) >= 11 is 0. The average Bonchev–Trinajstić information content (AvgIpc) is 2.93. The minimum absolute atomic E-state index is 0.159. The van der Waals surface area contributed by atoms with Crippen LogP contribution in [0.25, 0.3) is 0 Å². The lowest BCUT2D eigenvalue weighted by Gasteiger charge is -2.20. The topological polar surface area (TPSA) is 58.4 Å². The monoisotopic (exact) mass is 291 g/mol. The smallest absolute Gasteiger partial charge is 0.269 e. The summed E-state index contributed by atoms with van der Waals surface area (Å²) in [4.78, 5) is 12.8. The zero-order valence-corrected chi connectivity index (χ0v) is 12.9. The molecule has 1 atom stereocenters. The maximum absolute atomic E-state index is 10.6. The Morgan fingerprint density at radius 2 is 2.10 bits per heavy atom. The quantitative estimate of drug-likeness (QED) is 0.476. The van der Waals surface area contributed by atoms with Crippen molar-refractivity contribution in [1.29, 1.82) is 0 Å². The second kappa shape index (κ2) is 7.52. The summed E-state index contributed by atoms with van der Waals surface area (Å²) in [6.07, 6.45) is 2.20. The molecule has 21 heavy (non-hydrogen) atoms. The molecule has 0 spiro atoms. The number of nitrogens with one attached hydrogen (secondary N) is 1. The molecule has 5 nitrogen and oxygen atoms in total. The van der Waals surface area contributed by atoms with Gasteiger partial charge < -0.3 is 10.2 Å². The third kappa shape index (κ3) is 4.79. The van der Waals surface area contributed by atoms with Crippen LogP contribution in [-0.2, 0) is 6.42 Å². The molecule has 0 saturated carbocycles. The van der Waals surface area contributed by atoms with Gasteiger partial charge in [0.1, 0.15) is 0 Å². The highest BCUT2D eigenvalue weighted by Gasteiger charge is 2.23. The standard InChI is InChI=1S/C16H25N3O2/c1-13(2)18-10-8-15(12-18)11-17-9-7-14-3-5-16(6-4-14)19(20)21/h3-6,13,15,17H,7-12H2,1-2H3. The molecule has 1 aliphatic rings. The third-order valence-corrected chi connectivity index (χ3v) is 4.22. The zero-order valence-electron chi connectivity index (χ0n) is 12.9. The summed E-state index contributed by atoms with van der Waals surface area (Å²) in [5.74, 6) is 0.754. The Bertz CT molecular complexity index is 459. The summed E-state index contributed by atoms with van der Waals surface area (Å²) in [5, 5.41) is 14.1. The molecule has 1 saturated heterocycles. The number of hydrogen-bond acceptors (Lipinski definition) is 4. The highest BCUT2D eigenvalue weighted by Crippen LogP contribution is 2.17. The minimum Gasteiger partial charge on any atom is -0.316 e. The SMILES string of the molecule is CC(C)N1CCC(CNCCc2ccc([N+](=O)[O-])cc2)C1. The van der Waals surface area contributed by atoms with E-state index in [1.165, 1.54) is 19.5 Å². The van der Waals surface area contributed by atoms with E-state index in [1.54, 1.807) is 12.1 Å².